The molecule has 0 aromatic carbocycles. The van der Waals surface area contributed by atoms with Crippen molar-refractivity contribution in [3.05, 3.63) is 0 Å². The van der Waals surface area contributed by atoms with Gasteiger partial charge in [0.05, 0.1) is 0 Å². The van der Waals surface area contributed by atoms with Crippen LogP contribution >= 0.6 is 0 Å². The molecule has 9 heavy (non-hydrogen) atoms. The van der Waals surface area contributed by atoms with Gasteiger partial charge in [-0.15, -0.1) is 0 Å². The molecule has 0 aromatic rings. The van der Waals surface area contributed by atoms with Gasteiger partial charge < -0.3 is 4.74 Å². The van der Waals surface area contributed by atoms with E-state index in [-0.39, 0.29) is 11.9 Å². The number of hydrogen-bond acceptors (Lipinski definition) is 3. The highest BCUT2D eigenvalue weighted by molar-refractivity contribution is 6.14. The third-order valence-electron chi connectivity index (χ3n) is 2.17. The normalized spacial score (nSPS) is 28.9. The van der Waals surface area contributed by atoms with Crippen molar-refractivity contribution in [3.8, 4) is 0 Å². The Bertz CT molecular complexity index is 174. The zero-order chi connectivity index (χ0) is 6.48. The minimum absolute atomic E-state index is 0.307. The molecule has 0 radical (unpaired) electrons. The molecule has 1 aliphatic carbocycles. The third kappa shape index (κ3) is 0.352. The van der Waals surface area contributed by atoms with Crippen LogP contribution in [-0.4, -0.2) is 11.9 Å². The second-order valence-electron chi connectivity index (χ2n) is 2.61. The van der Waals surface area contributed by atoms with E-state index in [1.807, 2.05) is 0 Å². The van der Waals surface area contributed by atoms with Crippen LogP contribution in [0, 0.1) is 5.41 Å². The van der Waals surface area contributed by atoms with Gasteiger partial charge in [0.2, 0.25) is 0 Å². The van der Waals surface area contributed by atoms with Gasteiger partial charge in [0.25, 0.3) is 0 Å². The SMILES string of the molecule is O=C1OC(=O)C12CCC2. The molecular formula is C6H6O3. The molecule has 0 atom stereocenters. The molecule has 1 saturated heterocycles. The number of hydrogen-bond donors (Lipinski definition) is 0. The number of ether oxygens (including phenoxy) is 1. The molecule has 3 heteroatoms. The second kappa shape index (κ2) is 1.17. The van der Waals surface area contributed by atoms with Crippen molar-refractivity contribution >= 4 is 11.9 Å². The van der Waals surface area contributed by atoms with E-state index in [1.54, 1.807) is 0 Å². The summed E-state index contributed by atoms with van der Waals surface area (Å²) in [6, 6.07) is 0. The van der Waals surface area contributed by atoms with Crippen LogP contribution in [-0.2, 0) is 14.3 Å². The van der Waals surface area contributed by atoms with Crippen LogP contribution in [0.3, 0.4) is 0 Å². The summed E-state index contributed by atoms with van der Waals surface area (Å²) in [4.78, 5) is 21.2. The minimum atomic E-state index is -0.639. The highest BCUT2D eigenvalue weighted by atomic mass is 16.6. The fourth-order valence-electron chi connectivity index (χ4n) is 1.26. The molecule has 1 heterocycles. The van der Waals surface area contributed by atoms with Gasteiger partial charge in [0.15, 0.2) is 5.41 Å². The van der Waals surface area contributed by atoms with Crippen LogP contribution in [0.25, 0.3) is 0 Å². The van der Waals surface area contributed by atoms with Crippen molar-refractivity contribution in [1.29, 1.82) is 0 Å². The lowest BCUT2D eigenvalue weighted by molar-refractivity contribution is -0.204. The Labute approximate surface area is 52.0 Å². The van der Waals surface area contributed by atoms with Gasteiger partial charge in [0, 0.05) is 0 Å². The van der Waals surface area contributed by atoms with E-state index in [0.717, 1.165) is 6.42 Å². The molecular weight excluding hydrogens is 120 g/mol. The molecule has 2 fully saturated rings. The standard InChI is InChI=1S/C6H6O3/c7-4-6(2-1-3-6)5(8)9-4/h1-3H2. The van der Waals surface area contributed by atoms with Crippen LogP contribution in [0.4, 0.5) is 0 Å². The van der Waals surface area contributed by atoms with Crippen molar-refractivity contribution in [3.63, 3.8) is 0 Å². The average Bonchev–Trinajstić information content (AvgIpc) is 1.60. The molecule has 1 aliphatic heterocycles. The van der Waals surface area contributed by atoms with Crippen molar-refractivity contribution < 1.29 is 14.3 Å². The van der Waals surface area contributed by atoms with Crippen molar-refractivity contribution in [2.24, 2.45) is 5.41 Å². The van der Waals surface area contributed by atoms with Gasteiger partial charge >= 0.3 is 11.9 Å². The van der Waals surface area contributed by atoms with Crippen LogP contribution in [0.1, 0.15) is 19.3 Å². The molecule has 2 aliphatic rings. The lowest BCUT2D eigenvalue weighted by Crippen LogP contribution is -2.57. The summed E-state index contributed by atoms with van der Waals surface area (Å²) in [5.74, 6) is -0.613. The number of esters is 2. The van der Waals surface area contributed by atoms with Crippen molar-refractivity contribution in [2.75, 3.05) is 0 Å². The molecule has 0 aromatic heterocycles. The van der Waals surface area contributed by atoms with Crippen LogP contribution in [0.15, 0.2) is 0 Å². The lowest BCUT2D eigenvalue weighted by Gasteiger charge is -2.42. The van der Waals surface area contributed by atoms with E-state index in [0.29, 0.717) is 12.8 Å². The van der Waals surface area contributed by atoms with Gasteiger partial charge in [-0.3, -0.25) is 9.59 Å². The van der Waals surface area contributed by atoms with Crippen LogP contribution in [0.2, 0.25) is 0 Å². The van der Waals surface area contributed by atoms with E-state index in [4.69, 9.17) is 0 Å². The first-order valence-electron chi connectivity index (χ1n) is 3.02. The average molecular weight is 126 g/mol. The first kappa shape index (κ1) is 4.97. The molecule has 0 bridgehead atoms. The molecule has 0 N–H and O–H groups in total. The lowest BCUT2D eigenvalue weighted by atomic mass is 9.66. The molecule has 48 valence electrons. The van der Waals surface area contributed by atoms with E-state index in [2.05, 4.69) is 4.74 Å². The molecule has 0 unspecified atom stereocenters. The quantitative estimate of drug-likeness (QED) is 0.345. The molecule has 1 spiro atoms. The van der Waals surface area contributed by atoms with Gasteiger partial charge in [-0.25, -0.2) is 0 Å². The smallest absolute Gasteiger partial charge is 0.331 e. The maximum atomic E-state index is 10.6. The maximum absolute atomic E-state index is 10.6. The largest absolute Gasteiger partial charge is 0.391 e. The Balaban J connectivity index is 2.26. The Morgan fingerprint density at radius 1 is 1.22 bits per heavy atom. The van der Waals surface area contributed by atoms with E-state index in [1.165, 1.54) is 0 Å². The Morgan fingerprint density at radius 3 is 1.89 bits per heavy atom. The zero-order valence-corrected chi connectivity index (χ0v) is 4.85. The summed E-state index contributed by atoms with van der Waals surface area (Å²) < 4.78 is 4.22. The summed E-state index contributed by atoms with van der Waals surface area (Å²) in [5, 5.41) is 0. The van der Waals surface area contributed by atoms with Crippen molar-refractivity contribution in [1.82, 2.24) is 0 Å². The van der Waals surface area contributed by atoms with Gasteiger partial charge in [0.1, 0.15) is 0 Å². The summed E-state index contributed by atoms with van der Waals surface area (Å²) in [7, 11) is 0. The minimum Gasteiger partial charge on any atom is -0.391 e. The molecule has 3 nitrogen and oxygen atoms in total. The summed E-state index contributed by atoms with van der Waals surface area (Å²) in [5.41, 5.74) is -0.639. The first-order valence-corrected chi connectivity index (χ1v) is 3.02. The molecule has 1 saturated carbocycles. The molecule has 2 rings (SSSR count). The fraction of sp³-hybridized carbons (Fsp3) is 0.667. The topological polar surface area (TPSA) is 43.4 Å². The zero-order valence-electron chi connectivity index (χ0n) is 4.85. The van der Waals surface area contributed by atoms with Crippen LogP contribution in [0.5, 0.6) is 0 Å². The van der Waals surface area contributed by atoms with E-state index < -0.39 is 5.41 Å². The number of carbonyl (C=O) groups is 2. The maximum Gasteiger partial charge on any atom is 0.331 e. The highest BCUT2D eigenvalue weighted by Gasteiger charge is 2.62. The first-order chi connectivity index (χ1) is 4.26. The van der Waals surface area contributed by atoms with Gasteiger partial charge in [-0.2, -0.15) is 0 Å². The number of carbonyl (C=O) groups excluding carboxylic acids is 2. The van der Waals surface area contributed by atoms with Crippen molar-refractivity contribution in [2.45, 2.75) is 19.3 Å². The van der Waals surface area contributed by atoms with E-state index >= 15 is 0 Å². The summed E-state index contributed by atoms with van der Waals surface area (Å²) >= 11 is 0. The second-order valence-corrected chi connectivity index (χ2v) is 2.61. The Hall–Kier alpha value is -0.860. The predicted octanol–water partition coefficient (Wildman–Crippen LogP) is 0.240. The highest BCUT2D eigenvalue weighted by Crippen LogP contribution is 2.48. The summed E-state index contributed by atoms with van der Waals surface area (Å²) in [6.45, 7) is 0. The Kier molecular flexibility index (Phi) is 0.648. The van der Waals surface area contributed by atoms with Crippen LogP contribution < -0.4 is 0 Å². The molecule has 0 amide bonds. The number of cyclic esters (lactones) is 2. The predicted molar refractivity (Wildman–Crippen MR) is 27.4 cm³/mol. The van der Waals surface area contributed by atoms with Gasteiger partial charge in [-0.1, -0.05) is 0 Å². The number of rotatable bonds is 0. The van der Waals surface area contributed by atoms with Gasteiger partial charge in [-0.05, 0) is 19.3 Å². The third-order valence-corrected chi connectivity index (χ3v) is 2.17. The Morgan fingerprint density at radius 2 is 1.78 bits per heavy atom. The monoisotopic (exact) mass is 126 g/mol. The fourth-order valence-corrected chi connectivity index (χ4v) is 1.26. The van der Waals surface area contributed by atoms with E-state index in [9.17, 15) is 9.59 Å². The summed E-state index contributed by atoms with van der Waals surface area (Å²) in [6.07, 6.45) is 2.41.